The van der Waals surface area contributed by atoms with E-state index in [-0.39, 0.29) is 18.4 Å². The monoisotopic (exact) mass is 398 g/mol. The Labute approximate surface area is 167 Å². The van der Waals surface area contributed by atoms with E-state index in [4.69, 9.17) is 16.3 Å². The van der Waals surface area contributed by atoms with Crippen molar-refractivity contribution >= 4 is 29.1 Å². The molecular formula is C20H19ClN4O3. The van der Waals surface area contributed by atoms with Crippen molar-refractivity contribution in [2.24, 2.45) is 0 Å². The molecule has 1 heterocycles. The molecule has 0 aliphatic carbocycles. The Morgan fingerprint density at radius 3 is 2.71 bits per heavy atom. The maximum Gasteiger partial charge on any atom is 0.273 e. The molecule has 144 valence electrons. The zero-order chi connectivity index (χ0) is 20.1. The van der Waals surface area contributed by atoms with Crippen LogP contribution in [0.5, 0.6) is 5.75 Å². The number of ether oxygens (including phenoxy) is 1. The number of hydrogen-bond donors (Lipinski definition) is 2. The largest absolute Gasteiger partial charge is 0.497 e. The van der Waals surface area contributed by atoms with Crippen LogP contribution in [-0.4, -0.2) is 41.1 Å². The van der Waals surface area contributed by atoms with E-state index in [0.29, 0.717) is 33.3 Å². The minimum Gasteiger partial charge on any atom is -0.497 e. The van der Waals surface area contributed by atoms with E-state index >= 15 is 0 Å². The van der Waals surface area contributed by atoms with Crippen molar-refractivity contribution in [2.45, 2.75) is 6.54 Å². The number of amides is 2. The molecule has 0 saturated carbocycles. The second-order valence-electron chi connectivity index (χ2n) is 6.09. The molecule has 2 amide bonds. The number of H-pyrrole nitrogens is 1. The quantitative estimate of drug-likeness (QED) is 0.664. The van der Waals surface area contributed by atoms with Gasteiger partial charge in [-0.05, 0) is 35.9 Å². The molecule has 3 aromatic rings. The second kappa shape index (κ2) is 8.58. The normalized spacial score (nSPS) is 10.4. The highest BCUT2D eigenvalue weighted by Crippen LogP contribution is 2.28. The third-order valence-electron chi connectivity index (χ3n) is 4.15. The number of nitrogens with zero attached hydrogens (tertiary/aromatic N) is 2. The van der Waals surface area contributed by atoms with Crippen molar-refractivity contribution in [3.05, 3.63) is 76.6 Å². The van der Waals surface area contributed by atoms with E-state index < -0.39 is 0 Å². The van der Waals surface area contributed by atoms with Gasteiger partial charge in [-0.25, -0.2) is 0 Å². The number of hydrogen-bond acceptors (Lipinski definition) is 4. The first-order chi connectivity index (χ1) is 13.5. The molecule has 1 aromatic heterocycles. The number of carbonyl (C=O) groups is 2. The van der Waals surface area contributed by atoms with Crippen molar-refractivity contribution in [3.8, 4) is 5.75 Å². The third kappa shape index (κ3) is 4.32. The van der Waals surface area contributed by atoms with Crippen LogP contribution in [0.1, 0.15) is 26.4 Å². The number of benzene rings is 2. The topological polar surface area (TPSA) is 87.3 Å². The fourth-order valence-electron chi connectivity index (χ4n) is 2.71. The molecule has 28 heavy (non-hydrogen) atoms. The first kappa shape index (κ1) is 19.4. The number of rotatable bonds is 6. The van der Waals surface area contributed by atoms with Gasteiger partial charge >= 0.3 is 0 Å². The molecule has 0 spiro atoms. The summed E-state index contributed by atoms with van der Waals surface area (Å²) in [5, 5.41) is 9.54. The number of aromatic amines is 1. The number of carbonyl (C=O) groups excluding carboxylic acids is 2. The van der Waals surface area contributed by atoms with Crippen molar-refractivity contribution in [3.63, 3.8) is 0 Å². The molecule has 7 nitrogen and oxygen atoms in total. The zero-order valence-electron chi connectivity index (χ0n) is 15.4. The van der Waals surface area contributed by atoms with Crippen LogP contribution in [0.15, 0.2) is 54.7 Å². The number of nitrogens with one attached hydrogen (secondary N) is 2. The summed E-state index contributed by atoms with van der Waals surface area (Å²) >= 11 is 6.29. The Bertz CT molecular complexity index is 989. The molecule has 0 aliphatic rings. The summed E-state index contributed by atoms with van der Waals surface area (Å²) in [7, 11) is 3.23. The number of aromatic nitrogens is 2. The Morgan fingerprint density at radius 1 is 1.21 bits per heavy atom. The maximum atomic E-state index is 12.8. The molecule has 0 radical (unpaired) electrons. The maximum absolute atomic E-state index is 12.8. The summed E-state index contributed by atoms with van der Waals surface area (Å²) in [6, 6.07) is 13.8. The van der Waals surface area contributed by atoms with Gasteiger partial charge in [0.1, 0.15) is 11.4 Å². The van der Waals surface area contributed by atoms with Crippen LogP contribution < -0.4 is 10.1 Å². The molecule has 0 fully saturated rings. The summed E-state index contributed by atoms with van der Waals surface area (Å²) in [6.45, 7) is 0.259. The van der Waals surface area contributed by atoms with Crippen LogP contribution in [0, 0.1) is 0 Å². The lowest BCUT2D eigenvalue weighted by molar-refractivity contribution is 0.0785. The molecule has 3 rings (SSSR count). The summed E-state index contributed by atoms with van der Waals surface area (Å²) < 4.78 is 5.17. The van der Waals surface area contributed by atoms with E-state index in [1.54, 1.807) is 61.5 Å². The Hall–Kier alpha value is -3.32. The van der Waals surface area contributed by atoms with Gasteiger partial charge in [0.2, 0.25) is 0 Å². The zero-order valence-corrected chi connectivity index (χ0v) is 16.2. The van der Waals surface area contributed by atoms with Crippen LogP contribution in [0.4, 0.5) is 5.69 Å². The van der Waals surface area contributed by atoms with Gasteiger partial charge in [-0.3, -0.25) is 14.7 Å². The first-order valence-electron chi connectivity index (χ1n) is 8.47. The van der Waals surface area contributed by atoms with E-state index in [1.165, 1.54) is 6.20 Å². The summed E-state index contributed by atoms with van der Waals surface area (Å²) in [5.41, 5.74) is 1.98. The molecule has 0 saturated heterocycles. The van der Waals surface area contributed by atoms with Gasteiger partial charge < -0.3 is 15.0 Å². The first-order valence-corrected chi connectivity index (χ1v) is 8.85. The predicted octanol–water partition coefficient (Wildman–Crippen LogP) is 3.60. The fraction of sp³-hybridized carbons (Fsp3) is 0.150. The Morgan fingerprint density at radius 2 is 2.00 bits per heavy atom. The summed E-state index contributed by atoms with van der Waals surface area (Å²) in [5.74, 6) is 0.0628. The van der Waals surface area contributed by atoms with Gasteiger partial charge in [-0.2, -0.15) is 5.10 Å². The molecular weight excluding hydrogens is 380 g/mol. The van der Waals surface area contributed by atoms with Crippen LogP contribution >= 0.6 is 11.6 Å². The number of methoxy groups -OCH3 is 1. The van der Waals surface area contributed by atoms with E-state index in [0.717, 1.165) is 0 Å². The minimum atomic E-state index is -0.367. The molecule has 0 unspecified atom stereocenters. The van der Waals surface area contributed by atoms with Gasteiger partial charge in [0.15, 0.2) is 0 Å². The van der Waals surface area contributed by atoms with Crippen LogP contribution in [-0.2, 0) is 6.54 Å². The average molecular weight is 399 g/mol. The molecule has 0 bridgehead atoms. The van der Waals surface area contributed by atoms with Crippen molar-refractivity contribution in [2.75, 3.05) is 19.5 Å². The van der Waals surface area contributed by atoms with Crippen molar-refractivity contribution in [1.29, 1.82) is 0 Å². The third-order valence-corrected chi connectivity index (χ3v) is 4.47. The van der Waals surface area contributed by atoms with Crippen LogP contribution in [0.25, 0.3) is 0 Å². The summed E-state index contributed by atoms with van der Waals surface area (Å²) in [6.07, 6.45) is 1.49. The van der Waals surface area contributed by atoms with Gasteiger partial charge in [-0.1, -0.05) is 29.8 Å². The van der Waals surface area contributed by atoms with Gasteiger partial charge in [0.05, 0.1) is 17.8 Å². The highest BCUT2D eigenvalue weighted by atomic mass is 35.5. The summed E-state index contributed by atoms with van der Waals surface area (Å²) in [4.78, 5) is 26.7. The lowest BCUT2D eigenvalue weighted by Crippen LogP contribution is -2.27. The van der Waals surface area contributed by atoms with Gasteiger partial charge in [0.25, 0.3) is 11.8 Å². The Balaban J connectivity index is 1.80. The smallest absolute Gasteiger partial charge is 0.273 e. The standard InChI is InChI=1S/C20H19ClN4O3/c1-25(20(27)13-5-3-7-15(11-13)28-2)12-14-6-4-8-16(21)18(14)23-19(26)17-9-10-22-24-17/h3-11H,12H2,1-2H3,(H,22,24)(H,23,26). The average Bonchev–Trinajstić information content (AvgIpc) is 3.25. The molecule has 8 heteroatoms. The van der Waals surface area contributed by atoms with Crippen LogP contribution in [0.2, 0.25) is 5.02 Å². The minimum absolute atomic E-state index is 0.176. The molecule has 2 N–H and O–H groups in total. The molecule has 0 aliphatic heterocycles. The number of para-hydroxylation sites is 1. The lowest BCUT2D eigenvalue weighted by Gasteiger charge is -2.20. The fourth-order valence-corrected chi connectivity index (χ4v) is 2.95. The Kier molecular flexibility index (Phi) is 5.96. The van der Waals surface area contributed by atoms with Gasteiger partial charge in [0, 0.05) is 25.4 Å². The van der Waals surface area contributed by atoms with Crippen LogP contribution in [0.3, 0.4) is 0 Å². The number of anilines is 1. The lowest BCUT2D eigenvalue weighted by atomic mass is 10.1. The van der Waals surface area contributed by atoms with Gasteiger partial charge in [-0.15, -0.1) is 0 Å². The van der Waals surface area contributed by atoms with E-state index in [9.17, 15) is 9.59 Å². The highest BCUT2D eigenvalue weighted by Gasteiger charge is 2.17. The second-order valence-corrected chi connectivity index (χ2v) is 6.50. The van der Waals surface area contributed by atoms with E-state index in [2.05, 4.69) is 15.5 Å². The predicted molar refractivity (Wildman–Crippen MR) is 107 cm³/mol. The molecule has 0 atom stereocenters. The SMILES string of the molecule is COc1cccc(C(=O)N(C)Cc2cccc(Cl)c2NC(=O)c2ccn[nH]2)c1. The van der Waals surface area contributed by atoms with E-state index in [1.807, 2.05) is 6.07 Å². The highest BCUT2D eigenvalue weighted by molar-refractivity contribution is 6.34. The van der Waals surface area contributed by atoms with Crippen molar-refractivity contribution in [1.82, 2.24) is 15.1 Å². The molecule has 2 aromatic carbocycles. The van der Waals surface area contributed by atoms with Crippen molar-refractivity contribution < 1.29 is 14.3 Å². The number of halogens is 1.